The predicted octanol–water partition coefficient (Wildman–Crippen LogP) is 3.86. The van der Waals surface area contributed by atoms with E-state index in [0.29, 0.717) is 11.5 Å². The van der Waals surface area contributed by atoms with E-state index in [-0.39, 0.29) is 5.97 Å². The summed E-state index contributed by atoms with van der Waals surface area (Å²) < 4.78 is 5.35. The van der Waals surface area contributed by atoms with E-state index < -0.39 is 5.60 Å². The van der Waals surface area contributed by atoms with Crippen molar-refractivity contribution in [3.63, 3.8) is 0 Å². The van der Waals surface area contributed by atoms with Gasteiger partial charge >= 0.3 is 5.97 Å². The van der Waals surface area contributed by atoms with Crippen LogP contribution in [0.15, 0.2) is 24.3 Å². The lowest BCUT2D eigenvalue weighted by Gasteiger charge is -2.19. The summed E-state index contributed by atoms with van der Waals surface area (Å²) in [7, 11) is 0. The lowest BCUT2D eigenvalue weighted by Crippen LogP contribution is -2.23. The lowest BCUT2D eigenvalue weighted by atomic mass is 9.97. The van der Waals surface area contributed by atoms with Gasteiger partial charge in [0, 0.05) is 5.75 Å². The zero-order chi connectivity index (χ0) is 13.2. The SMILES string of the molecule is CC(C)(C)OC(=O)c1ccc(C2CCSC2)cc1. The molecule has 0 bridgehead atoms. The van der Waals surface area contributed by atoms with Gasteiger partial charge in [0.15, 0.2) is 0 Å². The molecule has 3 heteroatoms. The van der Waals surface area contributed by atoms with Gasteiger partial charge in [-0.25, -0.2) is 4.79 Å². The molecule has 1 aromatic rings. The van der Waals surface area contributed by atoms with Crippen molar-refractivity contribution in [3.8, 4) is 0 Å². The molecule has 1 aliphatic heterocycles. The van der Waals surface area contributed by atoms with Crippen LogP contribution in [0.3, 0.4) is 0 Å². The first-order valence-electron chi connectivity index (χ1n) is 6.37. The molecule has 1 unspecified atom stereocenters. The van der Waals surface area contributed by atoms with Crippen molar-refractivity contribution in [2.45, 2.75) is 38.7 Å². The Morgan fingerprint density at radius 3 is 2.44 bits per heavy atom. The first-order chi connectivity index (χ1) is 8.46. The summed E-state index contributed by atoms with van der Waals surface area (Å²) in [4.78, 5) is 11.9. The first kappa shape index (κ1) is 13.5. The normalized spacial score (nSPS) is 19.8. The minimum atomic E-state index is -0.433. The Bertz CT molecular complexity index is 411. The van der Waals surface area contributed by atoms with Gasteiger partial charge in [-0.05, 0) is 56.6 Å². The van der Waals surface area contributed by atoms with E-state index in [9.17, 15) is 4.79 Å². The second-order valence-corrected chi connectivity index (χ2v) is 6.83. The third-order valence-electron chi connectivity index (χ3n) is 2.95. The molecular weight excluding hydrogens is 244 g/mol. The summed E-state index contributed by atoms with van der Waals surface area (Å²) in [5, 5.41) is 0. The van der Waals surface area contributed by atoms with Crippen LogP contribution in [0.25, 0.3) is 0 Å². The number of hydrogen-bond acceptors (Lipinski definition) is 3. The molecule has 0 aliphatic carbocycles. The van der Waals surface area contributed by atoms with Gasteiger partial charge in [-0.2, -0.15) is 11.8 Å². The van der Waals surface area contributed by atoms with Gasteiger partial charge in [0.2, 0.25) is 0 Å². The van der Waals surface area contributed by atoms with Crippen LogP contribution in [0.4, 0.5) is 0 Å². The zero-order valence-corrected chi connectivity index (χ0v) is 12.0. The highest BCUT2D eigenvalue weighted by Crippen LogP contribution is 2.32. The molecule has 0 aromatic heterocycles. The van der Waals surface area contributed by atoms with Crippen LogP contribution in [0.5, 0.6) is 0 Å². The Hall–Kier alpha value is -0.960. The Balaban J connectivity index is 2.05. The van der Waals surface area contributed by atoms with Crippen LogP contribution in [0.2, 0.25) is 0 Å². The van der Waals surface area contributed by atoms with Crippen molar-refractivity contribution in [1.29, 1.82) is 0 Å². The average molecular weight is 264 g/mol. The molecule has 1 fully saturated rings. The van der Waals surface area contributed by atoms with Crippen LogP contribution in [0.1, 0.15) is 49.0 Å². The maximum atomic E-state index is 11.9. The van der Waals surface area contributed by atoms with Crippen LogP contribution >= 0.6 is 11.8 Å². The Labute approximate surface area is 113 Å². The number of ether oxygens (including phenoxy) is 1. The van der Waals surface area contributed by atoms with Crippen molar-refractivity contribution in [2.75, 3.05) is 11.5 Å². The van der Waals surface area contributed by atoms with Crippen molar-refractivity contribution < 1.29 is 9.53 Å². The van der Waals surface area contributed by atoms with Gasteiger partial charge in [0.05, 0.1) is 5.56 Å². The fourth-order valence-corrected chi connectivity index (χ4v) is 3.29. The standard InChI is InChI=1S/C15H20O2S/c1-15(2,3)17-14(16)12-6-4-11(5-7-12)13-8-9-18-10-13/h4-7,13H,8-10H2,1-3H3. The summed E-state index contributed by atoms with van der Waals surface area (Å²) in [5.74, 6) is 2.86. The van der Waals surface area contributed by atoms with Gasteiger partial charge in [0.1, 0.15) is 5.60 Å². The molecule has 18 heavy (non-hydrogen) atoms. The van der Waals surface area contributed by atoms with E-state index in [4.69, 9.17) is 4.74 Å². The molecule has 1 saturated heterocycles. The van der Waals surface area contributed by atoms with E-state index in [1.807, 2.05) is 44.7 Å². The maximum Gasteiger partial charge on any atom is 0.338 e. The second kappa shape index (κ2) is 5.35. The van der Waals surface area contributed by atoms with Crippen molar-refractivity contribution >= 4 is 17.7 Å². The molecule has 0 saturated carbocycles. The number of esters is 1. The van der Waals surface area contributed by atoms with Gasteiger partial charge < -0.3 is 4.74 Å². The summed E-state index contributed by atoms with van der Waals surface area (Å²) in [6, 6.07) is 7.89. The Kier molecular flexibility index (Phi) is 4.00. The third kappa shape index (κ3) is 3.52. The van der Waals surface area contributed by atoms with Gasteiger partial charge in [-0.1, -0.05) is 12.1 Å². The summed E-state index contributed by atoms with van der Waals surface area (Å²) >= 11 is 2.00. The molecule has 0 N–H and O–H groups in total. The van der Waals surface area contributed by atoms with Crippen LogP contribution in [-0.2, 0) is 4.74 Å². The number of thioether (sulfide) groups is 1. The van der Waals surface area contributed by atoms with E-state index in [0.717, 1.165) is 0 Å². The second-order valence-electron chi connectivity index (χ2n) is 5.68. The zero-order valence-electron chi connectivity index (χ0n) is 11.2. The van der Waals surface area contributed by atoms with Crippen molar-refractivity contribution in [2.24, 2.45) is 0 Å². The minimum Gasteiger partial charge on any atom is -0.456 e. The lowest BCUT2D eigenvalue weighted by molar-refractivity contribution is 0.00695. The molecule has 0 spiro atoms. The highest BCUT2D eigenvalue weighted by Gasteiger charge is 2.20. The monoisotopic (exact) mass is 264 g/mol. The summed E-state index contributed by atoms with van der Waals surface area (Å²) in [6.45, 7) is 5.65. The molecule has 98 valence electrons. The quantitative estimate of drug-likeness (QED) is 0.759. The summed E-state index contributed by atoms with van der Waals surface area (Å²) in [6.07, 6.45) is 1.25. The number of carbonyl (C=O) groups is 1. The Morgan fingerprint density at radius 2 is 1.94 bits per heavy atom. The van der Waals surface area contributed by atoms with Gasteiger partial charge in [-0.3, -0.25) is 0 Å². The highest BCUT2D eigenvalue weighted by molar-refractivity contribution is 7.99. The van der Waals surface area contributed by atoms with E-state index in [1.165, 1.54) is 23.5 Å². The van der Waals surface area contributed by atoms with Crippen molar-refractivity contribution in [3.05, 3.63) is 35.4 Å². The molecular formula is C15H20O2S. The minimum absolute atomic E-state index is 0.241. The molecule has 2 nitrogen and oxygen atoms in total. The number of rotatable bonds is 2. The van der Waals surface area contributed by atoms with Crippen LogP contribution in [0, 0.1) is 0 Å². The van der Waals surface area contributed by atoms with E-state index in [1.54, 1.807) is 0 Å². The van der Waals surface area contributed by atoms with E-state index >= 15 is 0 Å². The van der Waals surface area contributed by atoms with Crippen molar-refractivity contribution in [1.82, 2.24) is 0 Å². The molecule has 2 rings (SSSR count). The molecule has 0 amide bonds. The number of hydrogen-bond donors (Lipinski definition) is 0. The van der Waals surface area contributed by atoms with Crippen LogP contribution in [-0.4, -0.2) is 23.1 Å². The largest absolute Gasteiger partial charge is 0.456 e. The van der Waals surface area contributed by atoms with Crippen LogP contribution < -0.4 is 0 Å². The topological polar surface area (TPSA) is 26.3 Å². The first-order valence-corrected chi connectivity index (χ1v) is 7.52. The smallest absolute Gasteiger partial charge is 0.338 e. The fraction of sp³-hybridized carbons (Fsp3) is 0.533. The predicted molar refractivity (Wildman–Crippen MR) is 76.3 cm³/mol. The fourth-order valence-electron chi connectivity index (χ4n) is 2.03. The third-order valence-corrected chi connectivity index (χ3v) is 4.11. The average Bonchev–Trinajstić information content (AvgIpc) is 2.80. The maximum absolute atomic E-state index is 11.9. The molecule has 1 atom stereocenters. The molecule has 0 radical (unpaired) electrons. The number of carbonyl (C=O) groups excluding carboxylic acids is 1. The molecule has 1 aromatic carbocycles. The molecule has 1 heterocycles. The highest BCUT2D eigenvalue weighted by atomic mass is 32.2. The summed E-state index contributed by atoms with van der Waals surface area (Å²) in [5.41, 5.74) is 1.55. The van der Waals surface area contributed by atoms with Gasteiger partial charge in [0.25, 0.3) is 0 Å². The Morgan fingerprint density at radius 1 is 1.28 bits per heavy atom. The van der Waals surface area contributed by atoms with Gasteiger partial charge in [-0.15, -0.1) is 0 Å². The molecule has 1 aliphatic rings. The number of benzene rings is 1. The van der Waals surface area contributed by atoms with E-state index in [2.05, 4.69) is 12.1 Å².